The molecule has 0 aromatic heterocycles. The van der Waals surface area contributed by atoms with Gasteiger partial charge in [0.1, 0.15) is 5.75 Å². The van der Waals surface area contributed by atoms with E-state index in [0.29, 0.717) is 6.42 Å². The van der Waals surface area contributed by atoms with Crippen LogP contribution in [-0.2, 0) is 11.8 Å². The second-order valence-corrected chi connectivity index (χ2v) is 6.84. The van der Waals surface area contributed by atoms with Crippen molar-refractivity contribution in [2.45, 2.75) is 70.9 Å². The molecule has 0 saturated heterocycles. The van der Waals surface area contributed by atoms with Crippen LogP contribution in [0.2, 0.25) is 0 Å². The fraction of sp³-hybridized carbons (Fsp3) is 0.667. The summed E-state index contributed by atoms with van der Waals surface area (Å²) in [6.45, 7) is 8.63. The standard InChI is InChI=1S/C18H31NO2/c1-6-7-15(19)16(20)10-8-13-9-11-17(21-5)14(12-13)18(2,3)4/h9,11-12,15-16,20H,6-8,10,19H2,1-5H3. The third kappa shape index (κ3) is 5.33. The maximum absolute atomic E-state index is 10.1. The summed E-state index contributed by atoms with van der Waals surface area (Å²) in [6, 6.07) is 6.17. The Bertz CT molecular complexity index is 437. The van der Waals surface area contributed by atoms with E-state index in [0.717, 1.165) is 25.0 Å². The number of nitrogens with two attached hydrogens (primary N) is 1. The molecule has 1 aromatic carbocycles. The molecule has 3 N–H and O–H groups in total. The summed E-state index contributed by atoms with van der Waals surface area (Å²) < 4.78 is 5.45. The van der Waals surface area contributed by atoms with Crippen LogP contribution in [0, 0.1) is 0 Å². The van der Waals surface area contributed by atoms with E-state index in [2.05, 4.69) is 39.8 Å². The van der Waals surface area contributed by atoms with Crippen molar-refractivity contribution in [3.63, 3.8) is 0 Å². The first-order chi connectivity index (χ1) is 9.79. The van der Waals surface area contributed by atoms with Crippen LogP contribution in [0.5, 0.6) is 5.75 Å². The molecule has 0 aliphatic carbocycles. The zero-order valence-electron chi connectivity index (χ0n) is 14.1. The molecule has 0 bridgehead atoms. The van der Waals surface area contributed by atoms with Crippen molar-refractivity contribution in [1.82, 2.24) is 0 Å². The summed E-state index contributed by atoms with van der Waals surface area (Å²) in [7, 11) is 1.71. The summed E-state index contributed by atoms with van der Waals surface area (Å²) in [5.74, 6) is 0.925. The van der Waals surface area contributed by atoms with Crippen LogP contribution < -0.4 is 10.5 Å². The Labute approximate surface area is 129 Å². The first kappa shape index (κ1) is 18.0. The van der Waals surface area contributed by atoms with Crippen molar-refractivity contribution in [1.29, 1.82) is 0 Å². The van der Waals surface area contributed by atoms with E-state index in [9.17, 15) is 5.11 Å². The van der Waals surface area contributed by atoms with Gasteiger partial charge < -0.3 is 15.6 Å². The molecule has 0 radical (unpaired) electrons. The van der Waals surface area contributed by atoms with E-state index >= 15 is 0 Å². The molecular formula is C18H31NO2. The molecule has 2 atom stereocenters. The largest absolute Gasteiger partial charge is 0.496 e. The van der Waals surface area contributed by atoms with E-state index in [4.69, 9.17) is 10.5 Å². The minimum absolute atomic E-state index is 0.0403. The zero-order chi connectivity index (χ0) is 16.0. The number of rotatable bonds is 7. The van der Waals surface area contributed by atoms with Crippen LogP contribution >= 0.6 is 0 Å². The number of aliphatic hydroxyl groups excluding tert-OH is 1. The zero-order valence-corrected chi connectivity index (χ0v) is 14.1. The van der Waals surface area contributed by atoms with Gasteiger partial charge in [-0.2, -0.15) is 0 Å². The van der Waals surface area contributed by atoms with E-state index < -0.39 is 6.10 Å². The summed E-state index contributed by atoms with van der Waals surface area (Å²) in [5.41, 5.74) is 8.44. The van der Waals surface area contributed by atoms with Gasteiger partial charge in [0.25, 0.3) is 0 Å². The number of aliphatic hydroxyl groups is 1. The fourth-order valence-electron chi connectivity index (χ4n) is 2.55. The molecular weight excluding hydrogens is 262 g/mol. The molecule has 0 amide bonds. The van der Waals surface area contributed by atoms with Gasteiger partial charge in [-0.05, 0) is 41.9 Å². The number of hydrogen-bond acceptors (Lipinski definition) is 3. The van der Waals surface area contributed by atoms with Gasteiger partial charge in [0.15, 0.2) is 0 Å². The smallest absolute Gasteiger partial charge is 0.122 e. The minimum Gasteiger partial charge on any atom is -0.496 e. The Morgan fingerprint density at radius 1 is 1.24 bits per heavy atom. The number of methoxy groups -OCH3 is 1. The summed E-state index contributed by atoms with van der Waals surface area (Å²) in [5, 5.41) is 10.1. The number of aryl methyl sites for hydroxylation is 1. The van der Waals surface area contributed by atoms with E-state index in [1.807, 2.05) is 6.07 Å². The van der Waals surface area contributed by atoms with Crippen LogP contribution in [-0.4, -0.2) is 24.4 Å². The lowest BCUT2D eigenvalue weighted by molar-refractivity contribution is 0.131. The lowest BCUT2D eigenvalue weighted by atomic mass is 9.84. The maximum Gasteiger partial charge on any atom is 0.122 e. The number of benzene rings is 1. The van der Waals surface area contributed by atoms with Gasteiger partial charge in [0.05, 0.1) is 13.2 Å². The van der Waals surface area contributed by atoms with Crippen LogP contribution in [0.25, 0.3) is 0 Å². The van der Waals surface area contributed by atoms with Gasteiger partial charge in [-0.3, -0.25) is 0 Å². The summed E-state index contributed by atoms with van der Waals surface area (Å²) >= 11 is 0. The van der Waals surface area contributed by atoms with E-state index in [1.54, 1.807) is 7.11 Å². The van der Waals surface area contributed by atoms with Crippen molar-refractivity contribution >= 4 is 0 Å². The van der Waals surface area contributed by atoms with Gasteiger partial charge in [0.2, 0.25) is 0 Å². The van der Waals surface area contributed by atoms with Crippen molar-refractivity contribution in [3.05, 3.63) is 29.3 Å². The Kier molecular flexibility index (Phi) is 6.69. The SMILES string of the molecule is CCCC(N)C(O)CCc1ccc(OC)c(C(C)(C)C)c1. The van der Waals surface area contributed by atoms with Gasteiger partial charge in [-0.15, -0.1) is 0 Å². The van der Waals surface area contributed by atoms with Crippen LogP contribution in [0.4, 0.5) is 0 Å². The normalized spacial score (nSPS) is 14.8. The van der Waals surface area contributed by atoms with Crippen LogP contribution in [0.15, 0.2) is 18.2 Å². The molecule has 0 saturated carbocycles. The summed E-state index contributed by atoms with van der Waals surface area (Å²) in [4.78, 5) is 0. The average molecular weight is 293 g/mol. The first-order valence-electron chi connectivity index (χ1n) is 7.90. The number of ether oxygens (including phenoxy) is 1. The fourth-order valence-corrected chi connectivity index (χ4v) is 2.55. The van der Waals surface area contributed by atoms with Crippen LogP contribution in [0.1, 0.15) is 58.1 Å². The molecule has 1 aromatic rings. The molecule has 1 rings (SSSR count). The molecule has 0 spiro atoms. The maximum atomic E-state index is 10.1. The Morgan fingerprint density at radius 3 is 2.43 bits per heavy atom. The second kappa shape index (κ2) is 7.81. The molecule has 2 unspecified atom stereocenters. The molecule has 3 heteroatoms. The highest BCUT2D eigenvalue weighted by molar-refractivity contribution is 5.41. The molecule has 0 fully saturated rings. The Balaban J connectivity index is 2.77. The lowest BCUT2D eigenvalue weighted by Gasteiger charge is -2.23. The molecule has 0 aliphatic heterocycles. The third-order valence-electron chi connectivity index (χ3n) is 3.92. The minimum atomic E-state index is -0.426. The topological polar surface area (TPSA) is 55.5 Å². The quantitative estimate of drug-likeness (QED) is 0.810. The third-order valence-corrected chi connectivity index (χ3v) is 3.92. The highest BCUT2D eigenvalue weighted by Gasteiger charge is 2.20. The number of hydrogen-bond donors (Lipinski definition) is 2. The van der Waals surface area contributed by atoms with E-state index in [-0.39, 0.29) is 11.5 Å². The predicted molar refractivity (Wildman–Crippen MR) is 88.9 cm³/mol. The molecule has 120 valence electrons. The van der Waals surface area contributed by atoms with E-state index in [1.165, 1.54) is 11.1 Å². The molecule has 0 aliphatic rings. The Hall–Kier alpha value is -1.06. The average Bonchev–Trinajstić information content (AvgIpc) is 2.43. The Morgan fingerprint density at radius 2 is 1.90 bits per heavy atom. The highest BCUT2D eigenvalue weighted by atomic mass is 16.5. The monoisotopic (exact) mass is 293 g/mol. The van der Waals surface area contributed by atoms with Gasteiger partial charge in [-0.1, -0.05) is 46.2 Å². The van der Waals surface area contributed by atoms with Crippen molar-refractivity contribution in [2.75, 3.05) is 7.11 Å². The first-order valence-corrected chi connectivity index (χ1v) is 7.90. The predicted octanol–water partition coefficient (Wildman–Crippen LogP) is 3.41. The van der Waals surface area contributed by atoms with Gasteiger partial charge >= 0.3 is 0 Å². The van der Waals surface area contributed by atoms with Crippen molar-refractivity contribution in [2.24, 2.45) is 5.73 Å². The molecule has 0 heterocycles. The molecule has 21 heavy (non-hydrogen) atoms. The van der Waals surface area contributed by atoms with Crippen molar-refractivity contribution < 1.29 is 9.84 Å². The van der Waals surface area contributed by atoms with Crippen LogP contribution in [0.3, 0.4) is 0 Å². The molecule has 3 nitrogen and oxygen atoms in total. The lowest BCUT2D eigenvalue weighted by Crippen LogP contribution is -2.34. The van der Waals surface area contributed by atoms with Gasteiger partial charge in [-0.25, -0.2) is 0 Å². The highest BCUT2D eigenvalue weighted by Crippen LogP contribution is 2.32. The van der Waals surface area contributed by atoms with Crippen molar-refractivity contribution in [3.8, 4) is 5.75 Å². The second-order valence-electron chi connectivity index (χ2n) is 6.84. The van der Waals surface area contributed by atoms with Gasteiger partial charge in [0, 0.05) is 6.04 Å². The summed E-state index contributed by atoms with van der Waals surface area (Å²) in [6.07, 6.45) is 3.00.